The summed E-state index contributed by atoms with van der Waals surface area (Å²) in [6, 6.07) is 1.56. The molecule has 1 aliphatic rings. The summed E-state index contributed by atoms with van der Waals surface area (Å²) in [5.41, 5.74) is 1.94. The van der Waals surface area contributed by atoms with Crippen molar-refractivity contribution in [1.82, 2.24) is 9.97 Å². The molecule has 14 heavy (non-hydrogen) atoms. The molecule has 0 radical (unpaired) electrons. The van der Waals surface area contributed by atoms with Crippen LogP contribution in [0, 0.1) is 0 Å². The molecular formula is C10H9N3O. The van der Waals surface area contributed by atoms with Crippen molar-refractivity contribution in [3.63, 3.8) is 0 Å². The molecule has 3 heterocycles. The van der Waals surface area contributed by atoms with Gasteiger partial charge in [0.05, 0.1) is 17.1 Å². The van der Waals surface area contributed by atoms with Gasteiger partial charge in [-0.15, -0.1) is 0 Å². The van der Waals surface area contributed by atoms with Gasteiger partial charge < -0.3 is 10.3 Å². The average Bonchev–Trinajstić information content (AvgIpc) is 2.65. The van der Waals surface area contributed by atoms with Gasteiger partial charge in [0.25, 0.3) is 0 Å². The van der Waals surface area contributed by atoms with Crippen molar-refractivity contribution >= 4 is 16.7 Å². The van der Waals surface area contributed by atoms with Crippen molar-refractivity contribution in [2.45, 2.75) is 6.42 Å². The SMILES string of the molecule is O=c1cc[nH]c2cnc3c(c12)CCN3. The van der Waals surface area contributed by atoms with Gasteiger partial charge in [0.2, 0.25) is 0 Å². The smallest absolute Gasteiger partial charge is 0.189 e. The summed E-state index contributed by atoms with van der Waals surface area (Å²) in [5, 5.41) is 3.94. The first-order chi connectivity index (χ1) is 6.86. The molecule has 0 unspecified atom stereocenters. The highest BCUT2D eigenvalue weighted by Gasteiger charge is 2.16. The Bertz CT molecular complexity index is 559. The molecule has 0 bridgehead atoms. The Labute approximate surface area is 80.0 Å². The number of nitrogens with zero attached hydrogens (tertiary/aromatic N) is 1. The quantitative estimate of drug-likeness (QED) is 0.644. The molecule has 0 fully saturated rings. The summed E-state index contributed by atoms with van der Waals surface area (Å²) in [5.74, 6) is 0.856. The van der Waals surface area contributed by atoms with Gasteiger partial charge in [-0.2, -0.15) is 0 Å². The largest absolute Gasteiger partial charge is 0.369 e. The van der Waals surface area contributed by atoms with Crippen LogP contribution in [0.5, 0.6) is 0 Å². The van der Waals surface area contributed by atoms with Crippen molar-refractivity contribution in [2.75, 3.05) is 11.9 Å². The van der Waals surface area contributed by atoms with Crippen LogP contribution in [0.15, 0.2) is 23.3 Å². The fraction of sp³-hybridized carbons (Fsp3) is 0.200. The monoisotopic (exact) mass is 187 g/mol. The Kier molecular flexibility index (Phi) is 1.39. The van der Waals surface area contributed by atoms with Crippen LogP contribution in [0.4, 0.5) is 5.82 Å². The molecule has 70 valence electrons. The second kappa shape index (κ2) is 2.57. The number of hydrogen-bond acceptors (Lipinski definition) is 3. The van der Waals surface area contributed by atoms with Gasteiger partial charge in [0.1, 0.15) is 5.82 Å². The van der Waals surface area contributed by atoms with E-state index < -0.39 is 0 Å². The zero-order valence-electron chi connectivity index (χ0n) is 7.50. The highest BCUT2D eigenvalue weighted by atomic mass is 16.1. The van der Waals surface area contributed by atoms with E-state index in [1.165, 1.54) is 0 Å². The van der Waals surface area contributed by atoms with E-state index in [0.29, 0.717) is 0 Å². The third-order valence-corrected chi connectivity index (χ3v) is 2.57. The highest BCUT2D eigenvalue weighted by Crippen LogP contribution is 2.24. The molecule has 1 aliphatic heterocycles. The van der Waals surface area contributed by atoms with Crippen LogP contribution < -0.4 is 10.7 Å². The summed E-state index contributed by atoms with van der Waals surface area (Å²) < 4.78 is 0. The number of anilines is 1. The number of H-pyrrole nitrogens is 1. The van der Waals surface area contributed by atoms with Crippen LogP contribution in [-0.4, -0.2) is 16.5 Å². The van der Waals surface area contributed by atoms with Crippen molar-refractivity contribution < 1.29 is 0 Å². The van der Waals surface area contributed by atoms with Crippen LogP contribution in [0.2, 0.25) is 0 Å². The van der Waals surface area contributed by atoms with Gasteiger partial charge in [-0.3, -0.25) is 4.79 Å². The van der Waals surface area contributed by atoms with E-state index in [-0.39, 0.29) is 5.43 Å². The van der Waals surface area contributed by atoms with Crippen molar-refractivity contribution in [3.8, 4) is 0 Å². The molecule has 4 nitrogen and oxygen atoms in total. The van der Waals surface area contributed by atoms with Crippen LogP contribution >= 0.6 is 0 Å². The van der Waals surface area contributed by atoms with Crippen molar-refractivity contribution in [1.29, 1.82) is 0 Å². The number of nitrogens with one attached hydrogen (secondary N) is 2. The summed E-state index contributed by atoms with van der Waals surface area (Å²) >= 11 is 0. The molecule has 0 spiro atoms. The lowest BCUT2D eigenvalue weighted by Gasteiger charge is -2.02. The van der Waals surface area contributed by atoms with E-state index in [1.807, 2.05) is 0 Å². The topological polar surface area (TPSA) is 57.8 Å². The highest BCUT2D eigenvalue weighted by molar-refractivity contribution is 5.85. The van der Waals surface area contributed by atoms with Crippen molar-refractivity contribution in [3.05, 3.63) is 34.2 Å². The van der Waals surface area contributed by atoms with Gasteiger partial charge in [-0.25, -0.2) is 4.98 Å². The Morgan fingerprint density at radius 2 is 2.36 bits per heavy atom. The van der Waals surface area contributed by atoms with Crippen LogP contribution in [-0.2, 0) is 6.42 Å². The van der Waals surface area contributed by atoms with E-state index >= 15 is 0 Å². The molecule has 0 atom stereocenters. The van der Waals surface area contributed by atoms with Crippen molar-refractivity contribution in [2.24, 2.45) is 0 Å². The predicted molar refractivity (Wildman–Crippen MR) is 54.6 cm³/mol. The summed E-state index contributed by atoms with van der Waals surface area (Å²) in [6.45, 7) is 0.871. The first-order valence-electron chi connectivity index (χ1n) is 4.59. The van der Waals surface area contributed by atoms with E-state index in [9.17, 15) is 4.79 Å². The van der Waals surface area contributed by atoms with E-state index in [0.717, 1.165) is 35.2 Å². The molecule has 0 amide bonds. The maximum Gasteiger partial charge on any atom is 0.189 e. The minimum absolute atomic E-state index is 0.0705. The number of fused-ring (bicyclic) bond motifs is 3. The molecule has 2 N–H and O–H groups in total. The molecule has 3 rings (SSSR count). The molecule has 0 saturated heterocycles. The Morgan fingerprint density at radius 3 is 3.29 bits per heavy atom. The first-order valence-corrected chi connectivity index (χ1v) is 4.59. The predicted octanol–water partition coefficient (Wildman–Crippen LogP) is 0.891. The number of aromatic nitrogens is 2. The van der Waals surface area contributed by atoms with Gasteiger partial charge in [0.15, 0.2) is 5.43 Å². The van der Waals surface area contributed by atoms with Crippen LogP contribution in [0.3, 0.4) is 0 Å². The maximum atomic E-state index is 11.7. The standard InChI is InChI=1S/C10H9N3O/c14-8-2-4-11-7-5-13-10-6(9(7)8)1-3-12-10/h2,4-5H,1,3H2,(H,11,14)(H,12,13). The van der Waals surface area contributed by atoms with Crippen LogP contribution in [0.25, 0.3) is 10.9 Å². The van der Waals surface area contributed by atoms with Gasteiger partial charge in [-0.05, 0) is 6.42 Å². The van der Waals surface area contributed by atoms with E-state index in [2.05, 4.69) is 15.3 Å². The van der Waals surface area contributed by atoms with Gasteiger partial charge in [0, 0.05) is 24.4 Å². The third-order valence-electron chi connectivity index (χ3n) is 2.57. The molecular weight excluding hydrogens is 178 g/mol. The fourth-order valence-corrected chi connectivity index (χ4v) is 1.94. The summed E-state index contributed by atoms with van der Waals surface area (Å²) in [7, 11) is 0. The molecule has 0 saturated carbocycles. The minimum atomic E-state index is 0.0705. The Hall–Kier alpha value is -1.84. The summed E-state index contributed by atoms with van der Waals surface area (Å²) in [6.07, 6.45) is 4.24. The van der Waals surface area contributed by atoms with Crippen LogP contribution in [0.1, 0.15) is 5.56 Å². The third kappa shape index (κ3) is 0.878. The number of hydrogen-bond donors (Lipinski definition) is 2. The zero-order valence-corrected chi connectivity index (χ0v) is 7.50. The lowest BCUT2D eigenvalue weighted by molar-refractivity contribution is 1.11. The molecule has 0 aromatic carbocycles. The van der Waals surface area contributed by atoms with E-state index in [1.54, 1.807) is 18.5 Å². The minimum Gasteiger partial charge on any atom is -0.369 e. The fourth-order valence-electron chi connectivity index (χ4n) is 1.94. The lowest BCUT2D eigenvalue weighted by atomic mass is 10.1. The summed E-state index contributed by atoms with van der Waals surface area (Å²) in [4.78, 5) is 18.9. The maximum absolute atomic E-state index is 11.7. The van der Waals surface area contributed by atoms with Gasteiger partial charge >= 0.3 is 0 Å². The first kappa shape index (κ1) is 7.55. The Morgan fingerprint density at radius 1 is 1.43 bits per heavy atom. The lowest BCUT2D eigenvalue weighted by Crippen LogP contribution is -2.03. The number of rotatable bonds is 0. The molecule has 2 aromatic rings. The zero-order chi connectivity index (χ0) is 9.54. The molecule has 0 aliphatic carbocycles. The van der Waals surface area contributed by atoms with E-state index in [4.69, 9.17) is 0 Å². The Balaban J connectivity index is 2.53. The molecule has 4 heteroatoms. The number of aromatic amines is 1. The molecule has 2 aromatic heterocycles. The average molecular weight is 187 g/mol. The number of pyridine rings is 2. The second-order valence-electron chi connectivity index (χ2n) is 3.39. The second-order valence-corrected chi connectivity index (χ2v) is 3.39. The normalized spacial score (nSPS) is 14.0. The van der Waals surface area contributed by atoms with Gasteiger partial charge in [-0.1, -0.05) is 0 Å².